The lowest BCUT2D eigenvalue weighted by molar-refractivity contribution is 0.0939. The molecule has 1 heterocycles. The summed E-state index contributed by atoms with van der Waals surface area (Å²) in [7, 11) is -2.40. The van der Waals surface area contributed by atoms with Crippen molar-refractivity contribution in [3.8, 4) is 5.75 Å². The zero-order chi connectivity index (χ0) is 15.3. The number of hydrazine groups is 1. The highest BCUT2D eigenvalue weighted by Gasteiger charge is 2.16. The van der Waals surface area contributed by atoms with Crippen molar-refractivity contribution in [1.82, 2.24) is 20.2 Å². The zero-order valence-electron chi connectivity index (χ0n) is 11.0. The number of ether oxygens (including phenoxy) is 1. The number of hydrogen-bond acceptors (Lipinski definition) is 6. The van der Waals surface area contributed by atoms with Crippen LogP contribution in [0, 0.1) is 0 Å². The van der Waals surface area contributed by atoms with E-state index in [0.29, 0.717) is 5.75 Å². The van der Waals surface area contributed by atoms with E-state index in [1.165, 1.54) is 50.0 Å². The third kappa shape index (κ3) is 3.74. The molecule has 1 aromatic carbocycles. The Morgan fingerprint density at radius 3 is 2.48 bits per heavy atom. The minimum atomic E-state index is -3.87. The lowest BCUT2D eigenvalue weighted by atomic mass is 10.3. The van der Waals surface area contributed by atoms with Gasteiger partial charge in [0.1, 0.15) is 11.4 Å². The van der Waals surface area contributed by atoms with Crippen molar-refractivity contribution in [1.29, 1.82) is 0 Å². The van der Waals surface area contributed by atoms with Crippen molar-refractivity contribution < 1.29 is 17.9 Å². The quantitative estimate of drug-likeness (QED) is 0.758. The Balaban J connectivity index is 2.05. The third-order valence-electron chi connectivity index (χ3n) is 2.46. The fraction of sp³-hybridized carbons (Fsp3) is 0.0833. The van der Waals surface area contributed by atoms with Crippen LogP contribution in [0.25, 0.3) is 0 Å². The summed E-state index contributed by atoms with van der Waals surface area (Å²) >= 11 is 0. The number of nitrogens with one attached hydrogen (secondary N) is 2. The van der Waals surface area contributed by atoms with Crippen LogP contribution in [0.5, 0.6) is 5.75 Å². The summed E-state index contributed by atoms with van der Waals surface area (Å²) in [6.45, 7) is 0. The van der Waals surface area contributed by atoms with Crippen LogP contribution in [0.15, 0.2) is 47.8 Å². The van der Waals surface area contributed by atoms with E-state index >= 15 is 0 Å². The molecule has 8 nitrogen and oxygen atoms in total. The molecular formula is C12H12N4O4S. The highest BCUT2D eigenvalue weighted by atomic mass is 32.2. The van der Waals surface area contributed by atoms with E-state index in [9.17, 15) is 13.2 Å². The highest BCUT2D eigenvalue weighted by Crippen LogP contribution is 2.14. The molecule has 0 atom stereocenters. The number of rotatable bonds is 5. The van der Waals surface area contributed by atoms with E-state index in [-0.39, 0.29) is 10.6 Å². The van der Waals surface area contributed by atoms with Gasteiger partial charge in [0.15, 0.2) is 0 Å². The van der Waals surface area contributed by atoms with Crippen LogP contribution >= 0.6 is 0 Å². The van der Waals surface area contributed by atoms with Crippen molar-refractivity contribution in [2.24, 2.45) is 0 Å². The van der Waals surface area contributed by atoms with Gasteiger partial charge in [-0.1, -0.05) is 0 Å². The molecule has 0 radical (unpaired) electrons. The van der Waals surface area contributed by atoms with Crippen LogP contribution in [0.3, 0.4) is 0 Å². The number of methoxy groups -OCH3 is 1. The van der Waals surface area contributed by atoms with Gasteiger partial charge in [-0.3, -0.25) is 15.2 Å². The van der Waals surface area contributed by atoms with E-state index < -0.39 is 15.9 Å². The van der Waals surface area contributed by atoms with Crippen LogP contribution in [-0.2, 0) is 10.0 Å². The molecule has 0 saturated carbocycles. The molecule has 9 heteroatoms. The zero-order valence-corrected chi connectivity index (χ0v) is 11.8. The van der Waals surface area contributed by atoms with Crippen molar-refractivity contribution in [2.45, 2.75) is 4.90 Å². The fourth-order valence-electron chi connectivity index (χ4n) is 1.41. The molecular weight excluding hydrogens is 296 g/mol. The topological polar surface area (TPSA) is 110 Å². The first-order valence-corrected chi connectivity index (χ1v) is 7.23. The molecule has 0 fully saturated rings. The van der Waals surface area contributed by atoms with Gasteiger partial charge in [0.2, 0.25) is 0 Å². The smallest absolute Gasteiger partial charge is 0.286 e. The van der Waals surface area contributed by atoms with Gasteiger partial charge in [0, 0.05) is 12.4 Å². The number of carbonyl (C=O) groups is 1. The van der Waals surface area contributed by atoms with E-state index in [1.54, 1.807) is 0 Å². The Bertz CT molecular complexity index is 717. The molecule has 0 saturated heterocycles. The molecule has 0 aliphatic rings. The predicted octanol–water partition coefficient (Wildman–Crippen LogP) is 0.108. The summed E-state index contributed by atoms with van der Waals surface area (Å²) in [6, 6.07) is 5.71. The van der Waals surface area contributed by atoms with Crippen LogP contribution in [0.1, 0.15) is 10.5 Å². The van der Waals surface area contributed by atoms with Crippen molar-refractivity contribution in [2.75, 3.05) is 7.11 Å². The molecule has 2 N–H and O–H groups in total. The normalized spacial score (nSPS) is 10.9. The molecule has 110 valence electrons. The van der Waals surface area contributed by atoms with Gasteiger partial charge in [-0.2, -0.15) is 0 Å². The van der Waals surface area contributed by atoms with E-state index in [1.807, 2.05) is 4.83 Å². The van der Waals surface area contributed by atoms with E-state index in [0.717, 1.165) is 0 Å². The molecule has 21 heavy (non-hydrogen) atoms. The number of aromatic nitrogens is 2. The molecule has 1 amide bonds. The number of benzene rings is 1. The second kappa shape index (κ2) is 6.29. The van der Waals surface area contributed by atoms with Gasteiger partial charge in [-0.05, 0) is 24.3 Å². The Morgan fingerprint density at radius 2 is 1.90 bits per heavy atom. The molecule has 2 aromatic rings. The SMILES string of the molecule is COc1ccc(S(=O)(=O)NNC(=O)c2cnccn2)cc1. The Morgan fingerprint density at radius 1 is 1.19 bits per heavy atom. The van der Waals surface area contributed by atoms with Crippen molar-refractivity contribution in [3.63, 3.8) is 0 Å². The monoisotopic (exact) mass is 308 g/mol. The molecule has 0 bridgehead atoms. The van der Waals surface area contributed by atoms with Crippen LogP contribution < -0.4 is 15.0 Å². The molecule has 0 spiro atoms. The number of sulfonamides is 1. The molecule has 2 rings (SSSR count). The lowest BCUT2D eigenvalue weighted by Crippen LogP contribution is -2.41. The third-order valence-corrected chi connectivity index (χ3v) is 3.73. The molecule has 0 unspecified atom stereocenters. The van der Waals surface area contributed by atoms with Crippen LogP contribution in [0.2, 0.25) is 0 Å². The highest BCUT2D eigenvalue weighted by molar-refractivity contribution is 7.89. The maximum absolute atomic E-state index is 12.0. The Kier molecular flexibility index (Phi) is 4.45. The first kappa shape index (κ1) is 14.9. The van der Waals surface area contributed by atoms with Gasteiger partial charge in [-0.25, -0.2) is 13.4 Å². The minimum Gasteiger partial charge on any atom is -0.497 e. The maximum atomic E-state index is 12.0. The molecule has 0 aliphatic carbocycles. The Labute approximate surface area is 121 Å². The number of amides is 1. The second-order valence-corrected chi connectivity index (χ2v) is 5.51. The van der Waals surface area contributed by atoms with Crippen LogP contribution in [0.4, 0.5) is 0 Å². The first-order valence-electron chi connectivity index (χ1n) is 5.75. The minimum absolute atomic E-state index is 0.00469. The van der Waals surface area contributed by atoms with Crippen LogP contribution in [-0.4, -0.2) is 31.4 Å². The first-order chi connectivity index (χ1) is 10.0. The summed E-state index contributed by atoms with van der Waals surface area (Å²) < 4.78 is 28.9. The average molecular weight is 308 g/mol. The Hall–Kier alpha value is -2.52. The van der Waals surface area contributed by atoms with Gasteiger partial charge in [0.05, 0.1) is 18.2 Å². The number of hydrogen-bond donors (Lipinski definition) is 2. The summed E-state index contributed by atoms with van der Waals surface area (Å²) in [5.41, 5.74) is 2.05. The largest absolute Gasteiger partial charge is 0.497 e. The van der Waals surface area contributed by atoms with Gasteiger partial charge >= 0.3 is 0 Å². The number of carbonyl (C=O) groups excluding carboxylic acids is 1. The predicted molar refractivity (Wildman–Crippen MR) is 72.8 cm³/mol. The second-order valence-electron chi connectivity index (χ2n) is 3.83. The summed E-state index contributed by atoms with van der Waals surface area (Å²) in [5, 5.41) is 0. The van der Waals surface area contributed by atoms with Gasteiger partial charge < -0.3 is 4.74 Å². The molecule has 1 aromatic heterocycles. The maximum Gasteiger partial charge on any atom is 0.286 e. The summed E-state index contributed by atoms with van der Waals surface area (Å²) in [6.07, 6.45) is 3.95. The van der Waals surface area contributed by atoms with Crippen molar-refractivity contribution >= 4 is 15.9 Å². The van der Waals surface area contributed by atoms with Gasteiger partial charge in [-0.15, -0.1) is 4.83 Å². The molecule has 0 aliphatic heterocycles. The van der Waals surface area contributed by atoms with E-state index in [2.05, 4.69) is 15.4 Å². The van der Waals surface area contributed by atoms with E-state index in [4.69, 9.17) is 4.74 Å². The lowest BCUT2D eigenvalue weighted by Gasteiger charge is -2.08. The summed E-state index contributed by atoms with van der Waals surface area (Å²) in [5.74, 6) is -0.183. The standard InChI is InChI=1S/C12H12N4O4S/c1-20-9-2-4-10(5-3-9)21(18,19)16-15-12(17)11-8-13-6-7-14-11/h2-8,16H,1H3,(H,15,17). The van der Waals surface area contributed by atoms with Gasteiger partial charge in [0.25, 0.3) is 15.9 Å². The number of nitrogens with zero attached hydrogens (tertiary/aromatic N) is 2. The average Bonchev–Trinajstić information content (AvgIpc) is 2.53. The van der Waals surface area contributed by atoms with Crippen molar-refractivity contribution in [3.05, 3.63) is 48.5 Å². The summed E-state index contributed by atoms with van der Waals surface area (Å²) in [4.78, 5) is 21.1. The fourth-order valence-corrected chi connectivity index (χ4v) is 2.25.